The zero-order valence-electron chi connectivity index (χ0n) is 17.0. The van der Waals surface area contributed by atoms with Crippen LogP contribution < -0.4 is 5.32 Å². The molecule has 1 aromatic rings. The number of hydrogen-bond donors (Lipinski definition) is 1. The minimum absolute atomic E-state index is 0.0654. The quantitative estimate of drug-likeness (QED) is 0.754. The number of hydrogen-bond acceptors (Lipinski definition) is 5. The van der Waals surface area contributed by atoms with Gasteiger partial charge in [0.1, 0.15) is 0 Å². The number of benzene rings is 1. The Morgan fingerprint density at radius 2 is 1.71 bits per heavy atom. The molecule has 1 aliphatic rings. The normalized spacial score (nSPS) is 17.4. The van der Waals surface area contributed by atoms with Crippen LogP contribution in [0.5, 0.6) is 0 Å². The Morgan fingerprint density at radius 1 is 1.11 bits per heavy atom. The van der Waals surface area contributed by atoms with E-state index in [2.05, 4.69) is 5.32 Å². The predicted molar refractivity (Wildman–Crippen MR) is 106 cm³/mol. The molecule has 0 bridgehead atoms. The van der Waals surface area contributed by atoms with E-state index < -0.39 is 33.5 Å². The maximum Gasteiger partial charge on any atom is 0.338 e. The van der Waals surface area contributed by atoms with Crippen molar-refractivity contribution in [2.45, 2.75) is 69.9 Å². The number of sulfonamides is 1. The Balaban J connectivity index is 2.13. The molecule has 1 heterocycles. The lowest BCUT2D eigenvalue weighted by atomic mass is 10.1. The van der Waals surface area contributed by atoms with Gasteiger partial charge in [-0.05, 0) is 58.7 Å². The lowest BCUT2D eigenvalue weighted by Crippen LogP contribution is -2.46. The molecule has 1 atom stereocenters. The fourth-order valence-corrected chi connectivity index (χ4v) is 4.53. The second-order valence-electron chi connectivity index (χ2n) is 8.13. The van der Waals surface area contributed by atoms with Crippen molar-refractivity contribution in [1.82, 2.24) is 9.62 Å². The Hall–Kier alpha value is -1.93. The molecule has 0 spiro atoms. The highest BCUT2D eigenvalue weighted by Gasteiger charge is 2.27. The zero-order valence-corrected chi connectivity index (χ0v) is 17.8. The number of nitrogens with zero attached hydrogens (tertiary/aromatic N) is 1. The monoisotopic (exact) mass is 410 g/mol. The summed E-state index contributed by atoms with van der Waals surface area (Å²) in [5.74, 6) is -1.14. The molecule has 8 heteroatoms. The number of esters is 1. The van der Waals surface area contributed by atoms with Gasteiger partial charge in [-0.15, -0.1) is 0 Å². The van der Waals surface area contributed by atoms with E-state index in [1.165, 1.54) is 35.5 Å². The van der Waals surface area contributed by atoms with Crippen molar-refractivity contribution in [3.63, 3.8) is 0 Å². The second kappa shape index (κ2) is 9.05. The van der Waals surface area contributed by atoms with Crippen LogP contribution in [-0.4, -0.2) is 49.3 Å². The third-order valence-electron chi connectivity index (χ3n) is 4.42. The van der Waals surface area contributed by atoms with Gasteiger partial charge in [-0.25, -0.2) is 13.2 Å². The third-order valence-corrected chi connectivity index (χ3v) is 6.32. The molecule has 1 unspecified atom stereocenters. The van der Waals surface area contributed by atoms with E-state index in [0.29, 0.717) is 13.1 Å². The van der Waals surface area contributed by atoms with E-state index in [1.54, 1.807) is 0 Å². The summed E-state index contributed by atoms with van der Waals surface area (Å²) >= 11 is 0. The van der Waals surface area contributed by atoms with E-state index in [9.17, 15) is 18.0 Å². The maximum absolute atomic E-state index is 12.9. The van der Waals surface area contributed by atoms with Gasteiger partial charge in [-0.2, -0.15) is 4.31 Å². The van der Waals surface area contributed by atoms with E-state index in [4.69, 9.17) is 4.74 Å². The highest BCUT2D eigenvalue weighted by Crippen LogP contribution is 2.21. The van der Waals surface area contributed by atoms with Gasteiger partial charge in [0.05, 0.1) is 10.5 Å². The van der Waals surface area contributed by atoms with Crippen molar-refractivity contribution in [3.05, 3.63) is 29.8 Å². The molecular formula is C20H30N2O5S. The van der Waals surface area contributed by atoms with Crippen LogP contribution in [-0.2, 0) is 19.6 Å². The number of carbonyl (C=O) groups excluding carboxylic acids is 2. The van der Waals surface area contributed by atoms with Gasteiger partial charge in [0, 0.05) is 18.6 Å². The number of nitrogens with one attached hydrogen (secondary N) is 1. The van der Waals surface area contributed by atoms with Crippen LogP contribution in [0.4, 0.5) is 0 Å². The lowest BCUT2D eigenvalue weighted by molar-refractivity contribution is -0.130. The summed E-state index contributed by atoms with van der Waals surface area (Å²) in [6.45, 7) is 7.95. The van der Waals surface area contributed by atoms with Gasteiger partial charge in [0.15, 0.2) is 6.10 Å². The van der Waals surface area contributed by atoms with Crippen molar-refractivity contribution in [2.75, 3.05) is 13.1 Å². The van der Waals surface area contributed by atoms with Crippen LogP contribution in [0.3, 0.4) is 0 Å². The molecule has 0 aromatic heterocycles. The first-order chi connectivity index (χ1) is 13.0. The summed E-state index contributed by atoms with van der Waals surface area (Å²) < 4.78 is 32.5. The number of amides is 1. The molecular weight excluding hydrogens is 380 g/mol. The smallest absolute Gasteiger partial charge is 0.338 e. The molecule has 156 valence electrons. The first kappa shape index (κ1) is 22.4. The predicted octanol–water partition coefficient (Wildman–Crippen LogP) is 2.71. The lowest BCUT2D eigenvalue weighted by Gasteiger charge is -2.23. The summed E-state index contributed by atoms with van der Waals surface area (Å²) in [6, 6.07) is 5.79. The maximum atomic E-state index is 12.9. The summed E-state index contributed by atoms with van der Waals surface area (Å²) in [4.78, 5) is 24.6. The van der Waals surface area contributed by atoms with Crippen molar-refractivity contribution in [1.29, 1.82) is 0 Å². The molecule has 1 fully saturated rings. The van der Waals surface area contributed by atoms with Gasteiger partial charge >= 0.3 is 5.97 Å². The summed E-state index contributed by atoms with van der Waals surface area (Å²) in [6.07, 6.45) is 2.72. The number of rotatable bonds is 5. The first-order valence-electron chi connectivity index (χ1n) is 9.64. The van der Waals surface area contributed by atoms with Crippen LogP contribution in [0.2, 0.25) is 0 Å². The van der Waals surface area contributed by atoms with Gasteiger partial charge in [-0.3, -0.25) is 4.79 Å². The Kier molecular flexibility index (Phi) is 7.22. The Labute approximate surface area is 167 Å². The molecule has 1 N–H and O–H groups in total. The second-order valence-corrected chi connectivity index (χ2v) is 10.1. The van der Waals surface area contributed by atoms with Crippen molar-refractivity contribution >= 4 is 21.9 Å². The number of ether oxygens (including phenoxy) is 1. The van der Waals surface area contributed by atoms with E-state index >= 15 is 0 Å². The topological polar surface area (TPSA) is 92.8 Å². The summed E-state index contributed by atoms with van der Waals surface area (Å²) in [5, 5.41) is 2.74. The SMILES string of the molecule is CC(OC(=O)c1cccc(S(=O)(=O)N2CCCCCC2)c1)C(=O)NC(C)(C)C. The van der Waals surface area contributed by atoms with Crippen LogP contribution in [0.15, 0.2) is 29.2 Å². The molecule has 1 amide bonds. The van der Waals surface area contributed by atoms with E-state index in [-0.39, 0.29) is 10.5 Å². The zero-order chi connectivity index (χ0) is 20.9. The molecule has 0 saturated carbocycles. The summed E-state index contributed by atoms with van der Waals surface area (Å²) in [5.41, 5.74) is -0.342. The number of carbonyl (C=O) groups is 2. The van der Waals surface area contributed by atoms with Crippen LogP contribution in [0.25, 0.3) is 0 Å². The largest absolute Gasteiger partial charge is 0.449 e. The Bertz CT molecular complexity index is 806. The molecule has 28 heavy (non-hydrogen) atoms. The fraction of sp³-hybridized carbons (Fsp3) is 0.600. The highest BCUT2D eigenvalue weighted by atomic mass is 32.2. The molecule has 1 saturated heterocycles. The van der Waals surface area contributed by atoms with E-state index in [0.717, 1.165) is 25.7 Å². The standard InChI is InChI=1S/C20H30N2O5S/c1-15(18(23)21-20(2,3)4)27-19(24)16-10-9-11-17(14-16)28(25,26)22-12-7-5-6-8-13-22/h9-11,14-15H,5-8,12-13H2,1-4H3,(H,21,23). The van der Waals surface area contributed by atoms with Crippen LogP contribution in [0, 0.1) is 0 Å². The minimum atomic E-state index is -3.66. The molecule has 1 aromatic carbocycles. The van der Waals surface area contributed by atoms with Crippen molar-refractivity contribution in [2.24, 2.45) is 0 Å². The Morgan fingerprint density at radius 3 is 2.29 bits per heavy atom. The van der Waals surface area contributed by atoms with Crippen molar-refractivity contribution in [3.8, 4) is 0 Å². The summed E-state index contributed by atoms with van der Waals surface area (Å²) in [7, 11) is -3.66. The van der Waals surface area contributed by atoms with Gasteiger partial charge in [-0.1, -0.05) is 18.9 Å². The minimum Gasteiger partial charge on any atom is -0.449 e. The third kappa shape index (κ3) is 6.04. The van der Waals surface area contributed by atoms with Crippen LogP contribution >= 0.6 is 0 Å². The fourth-order valence-electron chi connectivity index (χ4n) is 2.97. The van der Waals surface area contributed by atoms with Gasteiger partial charge in [0.2, 0.25) is 10.0 Å². The molecule has 0 aliphatic carbocycles. The highest BCUT2D eigenvalue weighted by molar-refractivity contribution is 7.89. The molecule has 7 nitrogen and oxygen atoms in total. The molecule has 0 radical (unpaired) electrons. The average molecular weight is 411 g/mol. The van der Waals surface area contributed by atoms with Crippen molar-refractivity contribution < 1.29 is 22.7 Å². The molecule has 2 rings (SSSR count). The van der Waals surface area contributed by atoms with Gasteiger partial charge in [0.25, 0.3) is 5.91 Å². The average Bonchev–Trinajstić information content (AvgIpc) is 2.90. The molecule has 1 aliphatic heterocycles. The first-order valence-corrected chi connectivity index (χ1v) is 11.1. The van der Waals surface area contributed by atoms with Gasteiger partial charge < -0.3 is 10.1 Å². The van der Waals surface area contributed by atoms with Crippen LogP contribution in [0.1, 0.15) is 63.7 Å². The van der Waals surface area contributed by atoms with E-state index in [1.807, 2.05) is 20.8 Å².